The van der Waals surface area contributed by atoms with Crippen LogP contribution < -0.4 is 15.5 Å². The number of halogens is 6. The Hall–Kier alpha value is -3.61. The van der Waals surface area contributed by atoms with Gasteiger partial charge in [0.15, 0.2) is 0 Å². The number of anilines is 1. The highest BCUT2D eigenvalue weighted by Crippen LogP contribution is 2.41. The third-order valence-electron chi connectivity index (χ3n) is 5.46. The fourth-order valence-corrected chi connectivity index (χ4v) is 3.68. The van der Waals surface area contributed by atoms with Crippen molar-refractivity contribution in [1.82, 2.24) is 10.6 Å². The first-order chi connectivity index (χ1) is 16.6. The van der Waals surface area contributed by atoms with Gasteiger partial charge in [-0.25, -0.2) is 0 Å². The molecule has 0 saturated carbocycles. The maximum atomic E-state index is 13.4. The van der Waals surface area contributed by atoms with E-state index in [9.17, 15) is 45.8 Å². The molecule has 1 aliphatic heterocycles. The van der Waals surface area contributed by atoms with Gasteiger partial charge >= 0.3 is 12.4 Å². The van der Waals surface area contributed by atoms with E-state index in [-0.39, 0.29) is 16.8 Å². The second-order valence-corrected chi connectivity index (χ2v) is 8.24. The summed E-state index contributed by atoms with van der Waals surface area (Å²) in [6.45, 7) is -1.91. The molecule has 0 aliphatic carbocycles. The monoisotopic (exact) mass is 517 g/mol. The summed E-state index contributed by atoms with van der Waals surface area (Å²) in [7, 11) is 0. The summed E-state index contributed by atoms with van der Waals surface area (Å²) in [6.07, 6.45) is -10.8. The van der Waals surface area contributed by atoms with E-state index in [1.807, 2.05) is 0 Å². The van der Waals surface area contributed by atoms with Crippen LogP contribution in [0.3, 0.4) is 0 Å². The molecule has 7 nitrogen and oxygen atoms in total. The molecule has 3 amide bonds. The molecule has 0 radical (unpaired) electrons. The van der Waals surface area contributed by atoms with Gasteiger partial charge in [-0.3, -0.25) is 14.4 Å². The molecule has 194 valence electrons. The summed E-state index contributed by atoms with van der Waals surface area (Å²) >= 11 is 0. The van der Waals surface area contributed by atoms with Crippen LogP contribution in [0.25, 0.3) is 11.1 Å². The minimum atomic E-state index is -4.81. The van der Waals surface area contributed by atoms with Crippen molar-refractivity contribution < 1.29 is 45.8 Å². The van der Waals surface area contributed by atoms with Crippen LogP contribution in [0.1, 0.15) is 24.9 Å². The number of fused-ring (bicyclic) bond motifs is 3. The van der Waals surface area contributed by atoms with Gasteiger partial charge < -0.3 is 20.6 Å². The zero-order valence-electron chi connectivity index (χ0n) is 18.7. The Balaban J connectivity index is 1.96. The van der Waals surface area contributed by atoms with E-state index in [4.69, 9.17) is 0 Å². The highest BCUT2D eigenvalue weighted by molar-refractivity contribution is 6.11. The number of benzene rings is 2. The van der Waals surface area contributed by atoms with Crippen LogP contribution >= 0.6 is 0 Å². The van der Waals surface area contributed by atoms with Gasteiger partial charge in [0.25, 0.3) is 17.7 Å². The third-order valence-corrected chi connectivity index (χ3v) is 5.46. The lowest BCUT2D eigenvalue weighted by atomic mass is 9.94. The van der Waals surface area contributed by atoms with Crippen molar-refractivity contribution in [1.29, 1.82) is 0 Å². The zero-order chi connectivity index (χ0) is 26.9. The average Bonchev–Trinajstić information content (AvgIpc) is 2.87. The molecule has 2 atom stereocenters. The molecular weight excluding hydrogens is 496 g/mol. The Kier molecular flexibility index (Phi) is 7.35. The van der Waals surface area contributed by atoms with Gasteiger partial charge in [0.1, 0.15) is 12.6 Å². The topological polar surface area (TPSA) is 98.7 Å². The first-order valence-corrected chi connectivity index (χ1v) is 10.6. The first-order valence-electron chi connectivity index (χ1n) is 10.6. The molecule has 2 aromatic rings. The van der Waals surface area contributed by atoms with Gasteiger partial charge in [0.05, 0.1) is 12.1 Å². The summed E-state index contributed by atoms with van der Waals surface area (Å²) in [6, 6.07) is 10.0. The number of aliphatic hydroxyl groups is 1. The van der Waals surface area contributed by atoms with Gasteiger partial charge in [-0.05, 0) is 24.1 Å². The molecule has 0 bridgehead atoms. The number of alkyl halides is 6. The van der Waals surface area contributed by atoms with E-state index >= 15 is 0 Å². The fourth-order valence-electron chi connectivity index (χ4n) is 3.68. The molecule has 1 aliphatic rings. The molecular formula is C23H21F6N3O4. The molecule has 0 unspecified atom stereocenters. The van der Waals surface area contributed by atoms with Crippen LogP contribution in [0, 0.1) is 0 Å². The highest BCUT2D eigenvalue weighted by atomic mass is 19.4. The lowest BCUT2D eigenvalue weighted by molar-refractivity contribution is -0.154. The smallest absolute Gasteiger partial charge is 0.372 e. The number of carbonyl (C=O) groups excluding carboxylic acids is 3. The predicted molar refractivity (Wildman–Crippen MR) is 115 cm³/mol. The quantitative estimate of drug-likeness (QED) is 0.405. The molecule has 0 aromatic heterocycles. The maximum absolute atomic E-state index is 13.4. The summed E-state index contributed by atoms with van der Waals surface area (Å²) < 4.78 is 77.2. The summed E-state index contributed by atoms with van der Waals surface area (Å²) in [5.41, 5.74) is -2.30. The van der Waals surface area contributed by atoms with E-state index in [1.54, 1.807) is 17.4 Å². The van der Waals surface area contributed by atoms with E-state index in [2.05, 4.69) is 5.32 Å². The number of carbonyl (C=O) groups is 3. The lowest BCUT2D eigenvalue weighted by Gasteiger charge is -2.29. The van der Waals surface area contributed by atoms with Crippen molar-refractivity contribution in [3.05, 3.63) is 54.1 Å². The minimum Gasteiger partial charge on any atom is -0.372 e. The molecule has 3 rings (SSSR count). The SMILES string of the molecule is C[C@](O)(C(=O)NCCC(F)(F)F)C(=O)N[C@@H]1C(=O)N(CC(F)(F)F)c2ccccc2-c2ccccc21. The number of para-hydroxylation sites is 1. The van der Waals surface area contributed by atoms with Crippen LogP contribution in [0.5, 0.6) is 0 Å². The van der Waals surface area contributed by atoms with Gasteiger partial charge in [-0.15, -0.1) is 0 Å². The fraction of sp³-hybridized carbons (Fsp3) is 0.348. The lowest BCUT2D eigenvalue weighted by Crippen LogP contribution is -2.57. The Morgan fingerprint density at radius 1 is 0.917 bits per heavy atom. The van der Waals surface area contributed by atoms with Crippen LogP contribution in [0.4, 0.5) is 32.0 Å². The zero-order valence-corrected chi connectivity index (χ0v) is 18.7. The Morgan fingerprint density at radius 2 is 1.50 bits per heavy atom. The standard InChI is InChI=1S/C23H21F6N3O4/c1-21(36,19(34)30-11-10-22(24,25)26)20(35)31-17-15-8-3-2-6-13(15)14-7-4-5-9-16(14)32(18(17)33)12-23(27,28)29/h2-9,17,36H,10-12H2,1H3,(H,30,34)(H,31,35)/t17-,21-/m0/s1. The first kappa shape index (κ1) is 27.0. The van der Waals surface area contributed by atoms with E-state index in [0.717, 1.165) is 0 Å². The highest BCUT2D eigenvalue weighted by Gasteiger charge is 2.45. The molecule has 13 heteroatoms. The van der Waals surface area contributed by atoms with Gasteiger partial charge in [0, 0.05) is 12.1 Å². The maximum Gasteiger partial charge on any atom is 0.406 e. The number of rotatable bonds is 6. The number of hydrogen-bond acceptors (Lipinski definition) is 4. The predicted octanol–water partition coefficient (Wildman–Crippen LogP) is 3.24. The average molecular weight is 517 g/mol. The number of hydrogen-bond donors (Lipinski definition) is 3. The molecule has 3 N–H and O–H groups in total. The Bertz CT molecular complexity index is 1160. The molecule has 0 spiro atoms. The molecule has 2 aromatic carbocycles. The minimum absolute atomic E-state index is 0.0688. The normalized spacial score (nSPS) is 17.4. The van der Waals surface area contributed by atoms with Crippen LogP contribution in [0.2, 0.25) is 0 Å². The molecule has 36 heavy (non-hydrogen) atoms. The van der Waals surface area contributed by atoms with Crippen molar-refractivity contribution >= 4 is 23.4 Å². The molecule has 1 heterocycles. The van der Waals surface area contributed by atoms with Crippen molar-refractivity contribution in [3.63, 3.8) is 0 Å². The van der Waals surface area contributed by atoms with Crippen LogP contribution in [-0.2, 0) is 14.4 Å². The number of nitrogens with one attached hydrogen (secondary N) is 2. The van der Waals surface area contributed by atoms with Crippen LogP contribution in [0.15, 0.2) is 48.5 Å². The summed E-state index contributed by atoms with van der Waals surface area (Å²) in [5.74, 6) is -4.15. The van der Waals surface area contributed by atoms with Gasteiger partial charge in [0.2, 0.25) is 5.60 Å². The number of nitrogens with zero attached hydrogens (tertiary/aromatic N) is 1. The second-order valence-electron chi connectivity index (χ2n) is 8.24. The van der Waals surface area contributed by atoms with Crippen molar-refractivity contribution in [2.45, 2.75) is 37.3 Å². The van der Waals surface area contributed by atoms with E-state index < -0.39 is 61.2 Å². The van der Waals surface area contributed by atoms with E-state index in [1.165, 1.54) is 36.4 Å². The molecule has 0 fully saturated rings. The van der Waals surface area contributed by atoms with Crippen molar-refractivity contribution in [2.75, 3.05) is 18.0 Å². The van der Waals surface area contributed by atoms with Crippen LogP contribution in [-0.4, -0.2) is 53.9 Å². The Labute approximate surface area is 201 Å². The van der Waals surface area contributed by atoms with Crippen molar-refractivity contribution in [2.24, 2.45) is 0 Å². The van der Waals surface area contributed by atoms with Gasteiger partial charge in [-0.1, -0.05) is 42.5 Å². The number of amides is 3. The summed E-state index contributed by atoms with van der Waals surface area (Å²) in [4.78, 5) is 38.9. The van der Waals surface area contributed by atoms with Gasteiger partial charge in [-0.2, -0.15) is 26.3 Å². The van der Waals surface area contributed by atoms with Crippen molar-refractivity contribution in [3.8, 4) is 11.1 Å². The Morgan fingerprint density at radius 3 is 2.11 bits per heavy atom. The third kappa shape index (κ3) is 5.96. The van der Waals surface area contributed by atoms with E-state index in [0.29, 0.717) is 17.4 Å². The molecule has 0 saturated heterocycles. The largest absolute Gasteiger partial charge is 0.406 e. The second kappa shape index (κ2) is 9.80. The summed E-state index contributed by atoms with van der Waals surface area (Å²) in [5, 5.41) is 14.3.